The Morgan fingerprint density at radius 3 is 2.91 bits per heavy atom. The predicted molar refractivity (Wildman–Crippen MR) is 81.9 cm³/mol. The normalized spacial score (nSPS) is 14.3. The van der Waals surface area contributed by atoms with Crippen LogP contribution in [0.4, 0.5) is 4.39 Å². The predicted octanol–water partition coefficient (Wildman–Crippen LogP) is 3.41. The van der Waals surface area contributed by atoms with Crippen LogP contribution in [-0.2, 0) is 19.5 Å². The van der Waals surface area contributed by atoms with Crippen molar-refractivity contribution in [1.29, 1.82) is 0 Å². The van der Waals surface area contributed by atoms with Crippen LogP contribution < -0.4 is 0 Å². The Morgan fingerprint density at radius 2 is 2.23 bits per heavy atom. The first-order valence-electron chi connectivity index (χ1n) is 6.86. The minimum absolute atomic E-state index is 0. The second kappa shape index (κ2) is 6.50. The monoisotopic (exact) mass is 325 g/mol. The van der Waals surface area contributed by atoms with Crippen LogP contribution >= 0.6 is 12.4 Å². The molecule has 1 aromatic carbocycles. The molecule has 0 saturated carbocycles. The van der Waals surface area contributed by atoms with Crippen molar-refractivity contribution < 1.29 is 18.7 Å². The van der Waals surface area contributed by atoms with E-state index in [-0.39, 0.29) is 23.8 Å². The molecule has 0 spiro atoms. The maximum atomic E-state index is 13.2. The number of carbonyl (C=O) groups is 1. The Bertz CT molecular complexity index is 699. The maximum absolute atomic E-state index is 13.2. The number of hydrogen-bond acceptors (Lipinski definition) is 3. The summed E-state index contributed by atoms with van der Waals surface area (Å²) in [6, 6.07) is 6.48. The van der Waals surface area contributed by atoms with Gasteiger partial charge in [-0.2, -0.15) is 0 Å². The molecule has 1 aromatic heterocycles. The van der Waals surface area contributed by atoms with Gasteiger partial charge in [0.25, 0.3) is 0 Å². The van der Waals surface area contributed by atoms with Crippen LogP contribution in [-0.4, -0.2) is 22.5 Å². The number of benzene rings is 1. The average Bonchev–Trinajstić information content (AvgIpc) is 2.74. The first-order valence-corrected chi connectivity index (χ1v) is 6.86. The molecule has 0 unspecified atom stereocenters. The highest BCUT2D eigenvalue weighted by atomic mass is 35.5. The standard InChI is InChI=1S/C16H16FNO3.ClH/c1-10-15(16(19)20)13-9-18(6-5-14(13)21-10)8-11-3-2-4-12(17)7-11;/h2-4,7H,5-6,8-9H2,1H3,(H,19,20);1H. The number of halogens is 2. The second-order valence-corrected chi connectivity index (χ2v) is 5.33. The first-order chi connectivity index (χ1) is 10.0. The minimum atomic E-state index is -0.954. The summed E-state index contributed by atoms with van der Waals surface area (Å²) in [5.74, 6) is 0.0150. The number of furan rings is 1. The fourth-order valence-electron chi connectivity index (χ4n) is 2.89. The van der Waals surface area contributed by atoms with E-state index in [9.17, 15) is 14.3 Å². The van der Waals surface area contributed by atoms with Crippen molar-refractivity contribution in [3.05, 3.63) is 58.3 Å². The Kier molecular flexibility index (Phi) is 4.88. The van der Waals surface area contributed by atoms with Crippen molar-refractivity contribution in [3.63, 3.8) is 0 Å². The summed E-state index contributed by atoms with van der Waals surface area (Å²) in [5.41, 5.74) is 1.91. The second-order valence-electron chi connectivity index (χ2n) is 5.33. The summed E-state index contributed by atoms with van der Waals surface area (Å²) in [6.07, 6.45) is 0.679. The summed E-state index contributed by atoms with van der Waals surface area (Å²) in [5, 5.41) is 9.29. The number of nitrogens with zero attached hydrogens (tertiary/aromatic N) is 1. The molecule has 1 aliphatic heterocycles. The molecule has 0 radical (unpaired) electrons. The highest BCUT2D eigenvalue weighted by Crippen LogP contribution is 2.28. The molecule has 3 rings (SSSR count). The van der Waals surface area contributed by atoms with E-state index < -0.39 is 5.97 Å². The number of carboxylic acids is 1. The average molecular weight is 326 g/mol. The van der Waals surface area contributed by atoms with E-state index >= 15 is 0 Å². The molecule has 2 aromatic rings. The molecule has 2 heterocycles. The lowest BCUT2D eigenvalue weighted by Crippen LogP contribution is -2.30. The van der Waals surface area contributed by atoms with Gasteiger partial charge in [0.2, 0.25) is 0 Å². The van der Waals surface area contributed by atoms with Crippen molar-refractivity contribution in [2.24, 2.45) is 0 Å². The fourth-order valence-corrected chi connectivity index (χ4v) is 2.89. The van der Waals surface area contributed by atoms with E-state index in [0.717, 1.165) is 23.4 Å². The zero-order valence-electron chi connectivity index (χ0n) is 12.1. The van der Waals surface area contributed by atoms with Crippen LogP contribution in [0, 0.1) is 12.7 Å². The Balaban J connectivity index is 0.00000176. The quantitative estimate of drug-likeness (QED) is 0.939. The van der Waals surface area contributed by atoms with E-state index in [1.165, 1.54) is 12.1 Å². The van der Waals surface area contributed by atoms with Gasteiger partial charge < -0.3 is 9.52 Å². The molecule has 0 saturated heterocycles. The zero-order chi connectivity index (χ0) is 15.0. The van der Waals surface area contributed by atoms with Gasteiger partial charge in [-0.15, -0.1) is 12.4 Å². The number of fused-ring (bicyclic) bond motifs is 1. The minimum Gasteiger partial charge on any atom is -0.478 e. The molecule has 1 aliphatic rings. The number of aromatic carboxylic acids is 1. The van der Waals surface area contributed by atoms with Crippen LogP contribution in [0.3, 0.4) is 0 Å². The highest BCUT2D eigenvalue weighted by Gasteiger charge is 2.28. The molecule has 22 heavy (non-hydrogen) atoms. The topological polar surface area (TPSA) is 53.7 Å². The number of rotatable bonds is 3. The number of hydrogen-bond donors (Lipinski definition) is 1. The number of aryl methyl sites for hydroxylation is 1. The summed E-state index contributed by atoms with van der Waals surface area (Å²) in [4.78, 5) is 13.4. The van der Waals surface area contributed by atoms with Gasteiger partial charge in [-0.25, -0.2) is 9.18 Å². The molecule has 118 valence electrons. The van der Waals surface area contributed by atoms with E-state index in [0.29, 0.717) is 25.3 Å². The lowest BCUT2D eigenvalue weighted by atomic mass is 10.0. The Morgan fingerprint density at radius 1 is 1.45 bits per heavy atom. The molecule has 0 bridgehead atoms. The van der Waals surface area contributed by atoms with Crippen molar-refractivity contribution in [1.82, 2.24) is 4.90 Å². The van der Waals surface area contributed by atoms with E-state index in [2.05, 4.69) is 4.90 Å². The van der Waals surface area contributed by atoms with Crippen LogP contribution in [0.5, 0.6) is 0 Å². The smallest absolute Gasteiger partial charge is 0.339 e. The fraction of sp³-hybridized carbons (Fsp3) is 0.312. The first kappa shape index (κ1) is 16.5. The SMILES string of the molecule is Cc1oc2c(c1C(=O)O)CN(Cc1cccc(F)c1)CC2.Cl. The van der Waals surface area contributed by atoms with Gasteiger partial charge in [0, 0.05) is 31.6 Å². The van der Waals surface area contributed by atoms with Gasteiger partial charge in [-0.3, -0.25) is 4.90 Å². The zero-order valence-corrected chi connectivity index (χ0v) is 13.0. The molecule has 6 heteroatoms. The van der Waals surface area contributed by atoms with Crippen molar-refractivity contribution in [3.8, 4) is 0 Å². The third-order valence-corrected chi connectivity index (χ3v) is 3.81. The van der Waals surface area contributed by atoms with E-state index in [1.807, 2.05) is 6.07 Å². The highest BCUT2D eigenvalue weighted by molar-refractivity contribution is 5.90. The third kappa shape index (κ3) is 3.15. The summed E-state index contributed by atoms with van der Waals surface area (Å²) in [7, 11) is 0. The van der Waals surface area contributed by atoms with Crippen LogP contribution in [0.1, 0.15) is 33.0 Å². The van der Waals surface area contributed by atoms with Gasteiger partial charge in [-0.05, 0) is 24.6 Å². The van der Waals surface area contributed by atoms with Gasteiger partial charge in [-0.1, -0.05) is 12.1 Å². The van der Waals surface area contributed by atoms with Crippen LogP contribution in [0.15, 0.2) is 28.7 Å². The van der Waals surface area contributed by atoms with E-state index in [4.69, 9.17) is 4.42 Å². The molecule has 1 N–H and O–H groups in total. The summed E-state index contributed by atoms with van der Waals surface area (Å²) >= 11 is 0. The van der Waals surface area contributed by atoms with Gasteiger partial charge in [0.05, 0.1) is 0 Å². The molecule has 0 atom stereocenters. The molecule has 0 aliphatic carbocycles. The van der Waals surface area contributed by atoms with E-state index in [1.54, 1.807) is 13.0 Å². The summed E-state index contributed by atoms with van der Waals surface area (Å²) < 4.78 is 18.8. The third-order valence-electron chi connectivity index (χ3n) is 3.81. The van der Waals surface area contributed by atoms with Crippen molar-refractivity contribution in [2.75, 3.05) is 6.54 Å². The Labute approximate surface area is 134 Å². The lowest BCUT2D eigenvalue weighted by molar-refractivity contribution is 0.0692. The van der Waals surface area contributed by atoms with Gasteiger partial charge in [0.15, 0.2) is 0 Å². The van der Waals surface area contributed by atoms with Crippen LogP contribution in [0.25, 0.3) is 0 Å². The maximum Gasteiger partial charge on any atom is 0.339 e. The molecule has 0 fully saturated rings. The van der Waals surface area contributed by atoms with Crippen molar-refractivity contribution >= 4 is 18.4 Å². The molecule has 0 amide bonds. The number of carboxylic acid groups (broad SMARTS) is 1. The van der Waals surface area contributed by atoms with Crippen molar-refractivity contribution in [2.45, 2.75) is 26.4 Å². The van der Waals surface area contributed by atoms with Crippen LogP contribution in [0.2, 0.25) is 0 Å². The van der Waals surface area contributed by atoms with Gasteiger partial charge >= 0.3 is 5.97 Å². The summed E-state index contributed by atoms with van der Waals surface area (Å²) in [6.45, 7) is 3.57. The molecule has 4 nitrogen and oxygen atoms in total. The lowest BCUT2D eigenvalue weighted by Gasteiger charge is -2.26. The van der Waals surface area contributed by atoms with Gasteiger partial charge in [0.1, 0.15) is 22.9 Å². The molecular weight excluding hydrogens is 309 g/mol. The Hall–Kier alpha value is -1.85. The molecular formula is C16H17ClFNO3. The largest absolute Gasteiger partial charge is 0.478 e.